The Morgan fingerprint density at radius 1 is 1.38 bits per heavy atom. The predicted molar refractivity (Wildman–Crippen MR) is 60.3 cm³/mol. The predicted octanol–water partition coefficient (Wildman–Crippen LogP) is 1.40. The van der Waals surface area contributed by atoms with E-state index in [1.165, 1.54) is 0 Å². The van der Waals surface area contributed by atoms with Gasteiger partial charge < -0.3 is 15.2 Å². The lowest BCUT2D eigenvalue weighted by atomic mass is 9.85. The van der Waals surface area contributed by atoms with Crippen molar-refractivity contribution in [2.75, 3.05) is 6.61 Å². The maximum Gasteiger partial charge on any atom is 0.306 e. The van der Waals surface area contributed by atoms with E-state index in [1.807, 2.05) is 0 Å². The molecule has 4 atom stereocenters. The highest BCUT2D eigenvalue weighted by Crippen LogP contribution is 2.26. The van der Waals surface area contributed by atoms with Crippen molar-refractivity contribution < 1.29 is 14.6 Å². The molecule has 0 bridgehead atoms. The molecule has 1 saturated carbocycles. The summed E-state index contributed by atoms with van der Waals surface area (Å²) in [5, 5.41) is 12.6. The monoisotopic (exact) mass is 227 g/mol. The molecule has 0 spiro atoms. The highest BCUT2D eigenvalue weighted by molar-refractivity contribution is 5.70. The van der Waals surface area contributed by atoms with Crippen LogP contribution in [0.1, 0.15) is 39.0 Å². The van der Waals surface area contributed by atoms with Crippen molar-refractivity contribution in [1.82, 2.24) is 5.32 Å². The van der Waals surface area contributed by atoms with Crippen LogP contribution in [0, 0.1) is 5.92 Å². The van der Waals surface area contributed by atoms with E-state index in [2.05, 4.69) is 12.2 Å². The molecule has 0 aromatic rings. The Labute approximate surface area is 96.4 Å². The number of rotatable bonds is 3. The van der Waals surface area contributed by atoms with Gasteiger partial charge in [0.1, 0.15) is 0 Å². The fourth-order valence-electron chi connectivity index (χ4n) is 2.82. The van der Waals surface area contributed by atoms with E-state index in [1.54, 1.807) is 0 Å². The lowest BCUT2D eigenvalue weighted by molar-refractivity contribution is -0.143. The highest BCUT2D eigenvalue weighted by atomic mass is 16.5. The summed E-state index contributed by atoms with van der Waals surface area (Å²) in [6, 6.07) is 0.779. The van der Waals surface area contributed by atoms with E-state index < -0.39 is 5.97 Å². The third-order valence-electron chi connectivity index (χ3n) is 3.85. The van der Waals surface area contributed by atoms with E-state index in [0.717, 1.165) is 38.7 Å². The van der Waals surface area contributed by atoms with E-state index in [9.17, 15) is 4.79 Å². The summed E-state index contributed by atoms with van der Waals surface area (Å²) in [6.45, 7) is 2.91. The first-order chi connectivity index (χ1) is 7.66. The summed E-state index contributed by atoms with van der Waals surface area (Å²) in [5.74, 6) is -0.786. The first kappa shape index (κ1) is 11.9. The molecule has 4 heteroatoms. The SMILES string of the molecule is CC1OCCC1NC1CCCC(C(=O)O)C1. The molecule has 2 aliphatic rings. The first-order valence-electron chi connectivity index (χ1n) is 6.27. The fourth-order valence-corrected chi connectivity index (χ4v) is 2.82. The zero-order chi connectivity index (χ0) is 11.5. The van der Waals surface area contributed by atoms with Crippen LogP contribution in [0.25, 0.3) is 0 Å². The lowest BCUT2D eigenvalue weighted by Crippen LogP contribution is -2.45. The molecule has 16 heavy (non-hydrogen) atoms. The summed E-state index contributed by atoms with van der Waals surface area (Å²) >= 11 is 0. The molecule has 0 radical (unpaired) electrons. The van der Waals surface area contributed by atoms with Crippen LogP contribution in [0.15, 0.2) is 0 Å². The van der Waals surface area contributed by atoms with Crippen molar-refractivity contribution >= 4 is 5.97 Å². The number of hydrogen-bond donors (Lipinski definition) is 2. The van der Waals surface area contributed by atoms with Crippen LogP contribution >= 0.6 is 0 Å². The Balaban J connectivity index is 1.83. The van der Waals surface area contributed by atoms with Crippen molar-refractivity contribution in [1.29, 1.82) is 0 Å². The van der Waals surface area contributed by atoms with Crippen LogP contribution in [0.2, 0.25) is 0 Å². The smallest absolute Gasteiger partial charge is 0.306 e. The van der Waals surface area contributed by atoms with Gasteiger partial charge in [0.25, 0.3) is 0 Å². The Morgan fingerprint density at radius 3 is 2.81 bits per heavy atom. The van der Waals surface area contributed by atoms with Crippen LogP contribution in [-0.2, 0) is 9.53 Å². The Hall–Kier alpha value is -0.610. The zero-order valence-corrected chi connectivity index (χ0v) is 9.82. The quantitative estimate of drug-likeness (QED) is 0.765. The lowest BCUT2D eigenvalue weighted by Gasteiger charge is -2.30. The molecule has 4 nitrogen and oxygen atoms in total. The van der Waals surface area contributed by atoms with Gasteiger partial charge in [-0.15, -0.1) is 0 Å². The molecule has 1 saturated heterocycles. The molecule has 0 amide bonds. The fraction of sp³-hybridized carbons (Fsp3) is 0.917. The minimum absolute atomic E-state index is 0.149. The van der Waals surface area contributed by atoms with Crippen LogP contribution < -0.4 is 5.32 Å². The normalized spacial score (nSPS) is 39.8. The molecule has 1 heterocycles. The molecule has 2 rings (SSSR count). The summed E-state index contributed by atoms with van der Waals surface area (Å²) < 4.78 is 5.50. The van der Waals surface area contributed by atoms with Gasteiger partial charge in [-0.05, 0) is 32.6 Å². The minimum atomic E-state index is -0.637. The van der Waals surface area contributed by atoms with Crippen LogP contribution in [0.4, 0.5) is 0 Å². The Morgan fingerprint density at radius 2 is 2.19 bits per heavy atom. The zero-order valence-electron chi connectivity index (χ0n) is 9.82. The van der Waals surface area contributed by atoms with Crippen molar-refractivity contribution in [2.24, 2.45) is 5.92 Å². The van der Waals surface area contributed by atoms with Gasteiger partial charge >= 0.3 is 5.97 Å². The molecule has 0 aromatic carbocycles. The molecule has 0 aromatic heterocycles. The summed E-state index contributed by atoms with van der Waals surface area (Å²) in [7, 11) is 0. The average Bonchev–Trinajstić information content (AvgIpc) is 2.65. The van der Waals surface area contributed by atoms with Gasteiger partial charge in [-0.1, -0.05) is 6.42 Å². The maximum absolute atomic E-state index is 10.9. The number of carboxylic acids is 1. The molecule has 1 aliphatic heterocycles. The third-order valence-corrected chi connectivity index (χ3v) is 3.85. The molecule has 2 fully saturated rings. The van der Waals surface area contributed by atoms with Crippen molar-refractivity contribution in [3.8, 4) is 0 Å². The first-order valence-corrected chi connectivity index (χ1v) is 6.27. The van der Waals surface area contributed by atoms with Gasteiger partial charge in [-0.25, -0.2) is 0 Å². The standard InChI is InChI=1S/C12H21NO3/c1-8-11(5-6-16-8)13-10-4-2-3-9(7-10)12(14)15/h8-11,13H,2-7H2,1H3,(H,14,15). The number of aliphatic carboxylic acids is 1. The average molecular weight is 227 g/mol. The largest absolute Gasteiger partial charge is 0.481 e. The third kappa shape index (κ3) is 2.74. The Bertz CT molecular complexity index is 257. The second-order valence-electron chi connectivity index (χ2n) is 5.04. The number of carbonyl (C=O) groups is 1. The van der Waals surface area contributed by atoms with Crippen molar-refractivity contribution in [3.63, 3.8) is 0 Å². The number of ether oxygens (including phenoxy) is 1. The number of carboxylic acid groups (broad SMARTS) is 1. The molecular formula is C12H21NO3. The second-order valence-corrected chi connectivity index (χ2v) is 5.04. The van der Waals surface area contributed by atoms with Crippen molar-refractivity contribution in [2.45, 2.75) is 57.2 Å². The van der Waals surface area contributed by atoms with Gasteiger partial charge in [-0.2, -0.15) is 0 Å². The van der Waals surface area contributed by atoms with Crippen molar-refractivity contribution in [3.05, 3.63) is 0 Å². The molecular weight excluding hydrogens is 206 g/mol. The number of hydrogen-bond acceptors (Lipinski definition) is 3. The van der Waals surface area contributed by atoms with Crippen LogP contribution in [0.5, 0.6) is 0 Å². The summed E-state index contributed by atoms with van der Waals surface area (Å²) in [4.78, 5) is 10.9. The van der Waals surface area contributed by atoms with Gasteiger partial charge in [0.2, 0.25) is 0 Å². The topological polar surface area (TPSA) is 58.6 Å². The maximum atomic E-state index is 10.9. The molecule has 92 valence electrons. The van der Waals surface area contributed by atoms with Gasteiger partial charge in [0.05, 0.1) is 12.0 Å². The van der Waals surface area contributed by atoms with Crippen LogP contribution in [-0.4, -0.2) is 35.9 Å². The summed E-state index contributed by atoms with van der Waals surface area (Å²) in [5.41, 5.74) is 0. The van der Waals surface area contributed by atoms with Gasteiger partial charge in [0.15, 0.2) is 0 Å². The van der Waals surface area contributed by atoms with E-state index in [4.69, 9.17) is 9.84 Å². The van der Waals surface area contributed by atoms with Gasteiger partial charge in [-0.3, -0.25) is 4.79 Å². The second kappa shape index (κ2) is 5.15. The Kier molecular flexibility index (Phi) is 3.82. The minimum Gasteiger partial charge on any atom is -0.481 e. The van der Waals surface area contributed by atoms with E-state index in [0.29, 0.717) is 12.1 Å². The van der Waals surface area contributed by atoms with E-state index >= 15 is 0 Å². The van der Waals surface area contributed by atoms with Crippen LogP contribution in [0.3, 0.4) is 0 Å². The van der Waals surface area contributed by atoms with Gasteiger partial charge in [0, 0.05) is 18.7 Å². The number of nitrogens with one attached hydrogen (secondary N) is 1. The summed E-state index contributed by atoms with van der Waals surface area (Å²) in [6.07, 6.45) is 5.06. The van der Waals surface area contributed by atoms with E-state index in [-0.39, 0.29) is 12.0 Å². The highest BCUT2D eigenvalue weighted by Gasteiger charge is 2.31. The molecule has 2 N–H and O–H groups in total. The molecule has 4 unspecified atom stereocenters. The molecule has 1 aliphatic carbocycles.